The Kier molecular flexibility index (Phi) is 6.71. The third-order valence-electron chi connectivity index (χ3n) is 2.76. The Morgan fingerprint density at radius 2 is 2.15 bits per heavy atom. The lowest BCUT2D eigenvalue weighted by molar-refractivity contribution is 0.0749. The summed E-state index contributed by atoms with van der Waals surface area (Å²) in [5.41, 5.74) is 0.427. The lowest BCUT2D eigenvalue weighted by Gasteiger charge is -2.20. The quantitative estimate of drug-likeness (QED) is 0.791. The first-order valence-electron chi connectivity index (χ1n) is 6.43. The molecule has 0 heterocycles. The minimum absolute atomic E-state index is 0.0196. The summed E-state index contributed by atoms with van der Waals surface area (Å²) in [4.78, 5) is 13.7. The molecule has 0 unspecified atom stereocenters. The van der Waals surface area contributed by atoms with Crippen LogP contribution >= 0.6 is 0 Å². The van der Waals surface area contributed by atoms with Gasteiger partial charge in [-0.05, 0) is 31.5 Å². The molecule has 0 atom stereocenters. The van der Waals surface area contributed by atoms with Crippen LogP contribution in [0.1, 0.15) is 29.3 Å². The van der Waals surface area contributed by atoms with E-state index in [9.17, 15) is 9.18 Å². The van der Waals surface area contributed by atoms with Crippen molar-refractivity contribution >= 4 is 5.91 Å². The van der Waals surface area contributed by atoms with Crippen molar-refractivity contribution in [1.82, 2.24) is 4.90 Å². The summed E-state index contributed by atoms with van der Waals surface area (Å²) in [5.74, 6) is 4.06. The van der Waals surface area contributed by atoms with Gasteiger partial charge in [0.1, 0.15) is 12.4 Å². The molecule has 1 amide bonds. The molecule has 4 nitrogen and oxygen atoms in total. The monoisotopic (exact) mass is 279 g/mol. The number of nitrogens with zero attached hydrogens (tertiary/aromatic N) is 1. The number of rotatable bonds is 5. The number of carbonyl (C=O) groups is 1. The first kappa shape index (κ1) is 16.2. The van der Waals surface area contributed by atoms with Gasteiger partial charge in [0.25, 0.3) is 5.91 Å². The van der Waals surface area contributed by atoms with E-state index in [2.05, 4.69) is 11.8 Å². The van der Waals surface area contributed by atoms with E-state index in [0.29, 0.717) is 25.1 Å². The number of aliphatic hydroxyl groups excluding tert-OH is 2. The van der Waals surface area contributed by atoms with Gasteiger partial charge in [-0.3, -0.25) is 4.79 Å². The van der Waals surface area contributed by atoms with E-state index >= 15 is 0 Å². The third kappa shape index (κ3) is 4.34. The minimum atomic E-state index is -0.605. The normalized spacial score (nSPS) is 9.80. The highest BCUT2D eigenvalue weighted by Gasteiger charge is 2.18. The minimum Gasteiger partial charge on any atom is -0.396 e. The van der Waals surface area contributed by atoms with Crippen molar-refractivity contribution in [2.45, 2.75) is 13.3 Å². The maximum absolute atomic E-state index is 13.8. The highest BCUT2D eigenvalue weighted by Crippen LogP contribution is 2.13. The molecular formula is C15H18FNO3. The molecule has 0 saturated carbocycles. The van der Waals surface area contributed by atoms with E-state index in [-0.39, 0.29) is 18.8 Å². The highest BCUT2D eigenvalue weighted by atomic mass is 19.1. The predicted molar refractivity (Wildman–Crippen MR) is 73.6 cm³/mol. The summed E-state index contributed by atoms with van der Waals surface area (Å²) in [6.07, 6.45) is 0.450. The molecule has 0 fully saturated rings. The molecule has 0 spiro atoms. The predicted octanol–water partition coefficient (Wildman–Crippen LogP) is 1.01. The zero-order chi connectivity index (χ0) is 15.0. The molecule has 0 aliphatic rings. The van der Waals surface area contributed by atoms with E-state index in [1.54, 1.807) is 6.92 Å². The van der Waals surface area contributed by atoms with Gasteiger partial charge in [0.15, 0.2) is 0 Å². The second kappa shape index (κ2) is 8.31. The Morgan fingerprint density at radius 1 is 1.40 bits per heavy atom. The average Bonchev–Trinajstić information content (AvgIpc) is 2.47. The Morgan fingerprint density at radius 3 is 2.75 bits per heavy atom. The molecule has 0 aliphatic carbocycles. The van der Waals surface area contributed by atoms with Crippen LogP contribution < -0.4 is 0 Å². The maximum atomic E-state index is 13.8. The van der Waals surface area contributed by atoms with E-state index in [1.165, 1.54) is 23.1 Å². The fraction of sp³-hybridized carbons (Fsp3) is 0.400. The molecule has 0 aliphatic heterocycles. The summed E-state index contributed by atoms with van der Waals surface area (Å²) in [7, 11) is 0. The molecule has 1 aromatic carbocycles. The zero-order valence-electron chi connectivity index (χ0n) is 11.4. The number of benzene rings is 1. The van der Waals surface area contributed by atoms with E-state index in [1.807, 2.05) is 0 Å². The van der Waals surface area contributed by atoms with Crippen LogP contribution in [-0.2, 0) is 0 Å². The summed E-state index contributed by atoms with van der Waals surface area (Å²) < 4.78 is 13.8. The van der Waals surface area contributed by atoms with Crippen molar-refractivity contribution < 1.29 is 19.4 Å². The number of amides is 1. The SMILES string of the molecule is CCN(CCCO)C(=O)c1cc(C#CCO)ccc1F. The Bertz CT molecular complexity index is 520. The van der Waals surface area contributed by atoms with Crippen LogP contribution in [0.4, 0.5) is 4.39 Å². The molecule has 0 bridgehead atoms. The fourth-order valence-corrected chi connectivity index (χ4v) is 1.74. The van der Waals surface area contributed by atoms with Crippen molar-refractivity contribution in [2.75, 3.05) is 26.3 Å². The number of aliphatic hydroxyl groups is 2. The van der Waals surface area contributed by atoms with Gasteiger partial charge in [-0.25, -0.2) is 4.39 Å². The van der Waals surface area contributed by atoms with Crippen LogP contribution in [-0.4, -0.2) is 47.3 Å². The smallest absolute Gasteiger partial charge is 0.256 e. The second-order valence-electron chi connectivity index (χ2n) is 4.12. The molecule has 1 aromatic rings. The van der Waals surface area contributed by atoms with Crippen molar-refractivity contribution in [1.29, 1.82) is 0 Å². The summed E-state index contributed by atoms with van der Waals surface area (Å²) in [6.45, 7) is 2.29. The van der Waals surface area contributed by atoms with Crippen LogP contribution in [0.25, 0.3) is 0 Å². The molecule has 5 heteroatoms. The number of hydrogen-bond donors (Lipinski definition) is 2. The lowest BCUT2D eigenvalue weighted by Crippen LogP contribution is -2.32. The van der Waals surface area contributed by atoms with Gasteiger partial charge in [0, 0.05) is 25.3 Å². The summed E-state index contributed by atoms with van der Waals surface area (Å²) in [5, 5.41) is 17.4. The number of halogens is 1. The van der Waals surface area contributed by atoms with Gasteiger partial charge >= 0.3 is 0 Å². The standard InChI is InChI=1S/C15H18FNO3/c1-2-17(8-4-10-19)15(20)13-11-12(5-3-9-18)6-7-14(13)16/h6-7,11,18-19H,2,4,8-10H2,1H3. The van der Waals surface area contributed by atoms with Crippen molar-refractivity contribution in [2.24, 2.45) is 0 Å². The summed E-state index contributed by atoms with van der Waals surface area (Å²) >= 11 is 0. The maximum Gasteiger partial charge on any atom is 0.256 e. The van der Waals surface area contributed by atoms with Crippen LogP contribution in [0.5, 0.6) is 0 Å². The number of hydrogen-bond acceptors (Lipinski definition) is 3. The van der Waals surface area contributed by atoms with E-state index in [4.69, 9.17) is 10.2 Å². The van der Waals surface area contributed by atoms with Gasteiger partial charge in [-0.2, -0.15) is 0 Å². The largest absolute Gasteiger partial charge is 0.396 e. The molecule has 2 N–H and O–H groups in total. The Labute approximate surface area is 117 Å². The Hall–Kier alpha value is -1.90. The zero-order valence-corrected chi connectivity index (χ0v) is 11.4. The molecule has 108 valence electrons. The molecule has 1 rings (SSSR count). The van der Waals surface area contributed by atoms with Gasteiger partial charge in [0.05, 0.1) is 5.56 Å². The topological polar surface area (TPSA) is 60.8 Å². The van der Waals surface area contributed by atoms with Crippen LogP contribution in [0.3, 0.4) is 0 Å². The third-order valence-corrected chi connectivity index (χ3v) is 2.76. The first-order valence-corrected chi connectivity index (χ1v) is 6.43. The van der Waals surface area contributed by atoms with Gasteiger partial charge in [0.2, 0.25) is 0 Å². The molecule has 0 aromatic heterocycles. The van der Waals surface area contributed by atoms with Gasteiger partial charge in [-0.15, -0.1) is 0 Å². The fourth-order valence-electron chi connectivity index (χ4n) is 1.74. The van der Waals surface area contributed by atoms with Crippen LogP contribution in [0.2, 0.25) is 0 Å². The van der Waals surface area contributed by atoms with E-state index in [0.717, 1.165) is 0 Å². The van der Waals surface area contributed by atoms with Gasteiger partial charge < -0.3 is 15.1 Å². The van der Waals surface area contributed by atoms with E-state index < -0.39 is 11.7 Å². The van der Waals surface area contributed by atoms with Gasteiger partial charge in [-0.1, -0.05) is 11.8 Å². The molecule has 0 radical (unpaired) electrons. The van der Waals surface area contributed by atoms with Crippen molar-refractivity contribution in [3.8, 4) is 11.8 Å². The lowest BCUT2D eigenvalue weighted by atomic mass is 10.1. The first-order chi connectivity index (χ1) is 9.63. The van der Waals surface area contributed by atoms with Crippen LogP contribution in [0, 0.1) is 17.7 Å². The Balaban J connectivity index is 3.00. The van der Waals surface area contributed by atoms with Crippen molar-refractivity contribution in [3.05, 3.63) is 35.1 Å². The average molecular weight is 279 g/mol. The molecule has 20 heavy (non-hydrogen) atoms. The highest BCUT2D eigenvalue weighted by molar-refractivity contribution is 5.94. The van der Waals surface area contributed by atoms with Crippen molar-refractivity contribution in [3.63, 3.8) is 0 Å². The molecule has 0 saturated heterocycles. The second-order valence-corrected chi connectivity index (χ2v) is 4.12. The van der Waals surface area contributed by atoms with Crippen LogP contribution in [0.15, 0.2) is 18.2 Å². The summed E-state index contributed by atoms with van der Waals surface area (Å²) in [6, 6.07) is 4.02. The number of carbonyl (C=O) groups excluding carboxylic acids is 1. The molecular weight excluding hydrogens is 261 g/mol.